The van der Waals surface area contributed by atoms with E-state index in [1.54, 1.807) is 55.5 Å². The van der Waals surface area contributed by atoms with E-state index < -0.39 is 15.9 Å². The highest BCUT2D eigenvalue weighted by Crippen LogP contribution is 2.21. The molecule has 0 heterocycles. The normalized spacial score (nSPS) is 11.0. The Balaban J connectivity index is 1.76. The van der Waals surface area contributed by atoms with Gasteiger partial charge in [-0.25, -0.2) is 8.42 Å². The quantitative estimate of drug-likeness (QED) is 0.464. The summed E-state index contributed by atoms with van der Waals surface area (Å²) in [6.07, 6.45) is 0. The minimum Gasteiger partial charge on any atom is -0.375 e. The molecule has 0 aliphatic carbocycles. The van der Waals surface area contributed by atoms with Crippen molar-refractivity contribution in [2.75, 3.05) is 29.1 Å². The fraction of sp³-hybridized carbons (Fsp3) is 0.167. The van der Waals surface area contributed by atoms with Crippen LogP contribution in [0, 0.1) is 13.8 Å². The monoisotopic (exact) mass is 467 g/mol. The van der Waals surface area contributed by atoms with Gasteiger partial charge in [-0.2, -0.15) is 0 Å². The topological polar surface area (TPSA) is 114 Å². The molecular formula is C24H25N3O5S. The number of sulfonamides is 1. The Morgan fingerprint density at radius 1 is 0.848 bits per heavy atom. The number of nitrogens with one attached hydrogen (secondary N) is 3. The number of aryl methyl sites for hydroxylation is 2. The molecule has 9 heteroatoms. The maximum atomic E-state index is 12.9. The van der Waals surface area contributed by atoms with Gasteiger partial charge in [-0.3, -0.25) is 14.3 Å². The average molecular weight is 468 g/mol. The summed E-state index contributed by atoms with van der Waals surface area (Å²) in [5.74, 6) is -0.738. The van der Waals surface area contributed by atoms with Gasteiger partial charge in [0.15, 0.2) is 0 Å². The van der Waals surface area contributed by atoms with E-state index in [4.69, 9.17) is 4.74 Å². The van der Waals surface area contributed by atoms with Crippen LogP contribution in [-0.2, 0) is 19.6 Å². The van der Waals surface area contributed by atoms with Gasteiger partial charge < -0.3 is 15.4 Å². The number of carbonyl (C=O) groups is 2. The maximum Gasteiger partial charge on any atom is 0.261 e. The summed E-state index contributed by atoms with van der Waals surface area (Å²) in [6, 6.07) is 18.0. The molecule has 0 saturated heterocycles. The van der Waals surface area contributed by atoms with E-state index in [0.29, 0.717) is 22.6 Å². The smallest absolute Gasteiger partial charge is 0.261 e. The van der Waals surface area contributed by atoms with E-state index in [-0.39, 0.29) is 23.0 Å². The van der Waals surface area contributed by atoms with Gasteiger partial charge >= 0.3 is 0 Å². The summed E-state index contributed by atoms with van der Waals surface area (Å²) in [4.78, 5) is 24.4. The predicted molar refractivity (Wildman–Crippen MR) is 128 cm³/mol. The summed E-state index contributed by atoms with van der Waals surface area (Å²) in [6.45, 7) is 3.54. The Labute approximate surface area is 193 Å². The van der Waals surface area contributed by atoms with E-state index in [0.717, 1.165) is 5.56 Å². The third-order valence-corrected chi connectivity index (χ3v) is 6.12. The third-order valence-electron chi connectivity index (χ3n) is 4.74. The molecule has 3 N–H and O–H groups in total. The van der Waals surface area contributed by atoms with Crippen LogP contribution < -0.4 is 15.4 Å². The van der Waals surface area contributed by atoms with Gasteiger partial charge in [0.1, 0.15) is 6.61 Å². The van der Waals surface area contributed by atoms with Crippen LogP contribution in [0.15, 0.2) is 71.6 Å². The van der Waals surface area contributed by atoms with Crippen molar-refractivity contribution in [1.29, 1.82) is 0 Å². The number of rotatable bonds is 8. The lowest BCUT2D eigenvalue weighted by atomic mass is 10.1. The molecule has 0 atom stereocenters. The first-order valence-electron chi connectivity index (χ1n) is 10.1. The molecular weight excluding hydrogens is 442 g/mol. The minimum absolute atomic E-state index is 0.0176. The van der Waals surface area contributed by atoms with Crippen LogP contribution in [0.25, 0.3) is 0 Å². The maximum absolute atomic E-state index is 12.9. The fourth-order valence-corrected chi connectivity index (χ4v) is 4.17. The van der Waals surface area contributed by atoms with Crippen LogP contribution in [0.5, 0.6) is 0 Å². The number of ether oxygens (including phenoxy) is 1. The van der Waals surface area contributed by atoms with Crippen molar-refractivity contribution in [3.05, 3.63) is 83.4 Å². The molecule has 0 aromatic heterocycles. The summed E-state index contributed by atoms with van der Waals surface area (Å²) in [5, 5.41) is 5.41. The summed E-state index contributed by atoms with van der Waals surface area (Å²) in [5.41, 5.74) is 3.28. The zero-order chi connectivity index (χ0) is 24.0. The SMILES string of the molecule is COCC(=O)Nc1ccc(NC(=O)c2cc(S(=O)(=O)Nc3cccc(C)c3)ccc2C)cc1. The van der Waals surface area contributed by atoms with Crippen LogP contribution >= 0.6 is 0 Å². The highest BCUT2D eigenvalue weighted by Gasteiger charge is 2.18. The number of hydrogen-bond donors (Lipinski definition) is 3. The van der Waals surface area contributed by atoms with Gasteiger partial charge in [-0.15, -0.1) is 0 Å². The van der Waals surface area contributed by atoms with E-state index in [9.17, 15) is 18.0 Å². The molecule has 0 aliphatic heterocycles. The van der Waals surface area contributed by atoms with Crippen LogP contribution in [-0.4, -0.2) is 33.9 Å². The molecule has 0 fully saturated rings. The molecule has 0 bridgehead atoms. The first kappa shape index (κ1) is 24.0. The highest BCUT2D eigenvalue weighted by molar-refractivity contribution is 7.92. The Bertz CT molecular complexity index is 1270. The fourth-order valence-electron chi connectivity index (χ4n) is 3.10. The van der Waals surface area contributed by atoms with Crippen molar-refractivity contribution in [3.8, 4) is 0 Å². The highest BCUT2D eigenvalue weighted by atomic mass is 32.2. The lowest BCUT2D eigenvalue weighted by Gasteiger charge is -2.12. The van der Waals surface area contributed by atoms with Gasteiger partial charge in [0.05, 0.1) is 4.90 Å². The number of carbonyl (C=O) groups excluding carboxylic acids is 2. The predicted octanol–water partition coefficient (Wildman–Crippen LogP) is 3.94. The van der Waals surface area contributed by atoms with Crippen molar-refractivity contribution in [2.45, 2.75) is 18.7 Å². The van der Waals surface area contributed by atoms with Gasteiger partial charge in [0, 0.05) is 29.7 Å². The van der Waals surface area contributed by atoms with Crippen LogP contribution in [0.3, 0.4) is 0 Å². The number of benzene rings is 3. The number of methoxy groups -OCH3 is 1. The summed E-state index contributed by atoms with van der Waals surface area (Å²) < 4.78 is 33.0. The Hall–Kier alpha value is -3.69. The Kier molecular flexibility index (Phi) is 7.47. The summed E-state index contributed by atoms with van der Waals surface area (Å²) in [7, 11) is -2.45. The number of amides is 2. The van der Waals surface area contributed by atoms with Crippen molar-refractivity contribution < 1.29 is 22.7 Å². The molecule has 2 amide bonds. The number of hydrogen-bond acceptors (Lipinski definition) is 5. The third kappa shape index (κ3) is 6.41. The molecule has 172 valence electrons. The molecule has 0 saturated carbocycles. The molecule has 3 rings (SSSR count). The first-order chi connectivity index (χ1) is 15.7. The van der Waals surface area contributed by atoms with Gasteiger partial charge in [0.2, 0.25) is 5.91 Å². The lowest BCUT2D eigenvalue weighted by Crippen LogP contribution is -2.18. The second-order valence-corrected chi connectivity index (χ2v) is 9.15. The van der Waals surface area contributed by atoms with E-state index in [1.165, 1.54) is 19.2 Å². The molecule has 33 heavy (non-hydrogen) atoms. The van der Waals surface area contributed by atoms with Crippen molar-refractivity contribution in [1.82, 2.24) is 0 Å². The van der Waals surface area contributed by atoms with Gasteiger partial charge in [0.25, 0.3) is 15.9 Å². The van der Waals surface area contributed by atoms with Crippen molar-refractivity contribution in [3.63, 3.8) is 0 Å². The van der Waals surface area contributed by atoms with Crippen molar-refractivity contribution in [2.24, 2.45) is 0 Å². The van der Waals surface area contributed by atoms with Crippen LogP contribution in [0.1, 0.15) is 21.5 Å². The zero-order valence-corrected chi connectivity index (χ0v) is 19.3. The molecule has 3 aromatic carbocycles. The van der Waals surface area contributed by atoms with Gasteiger partial charge in [-0.05, 0) is 73.5 Å². The molecule has 8 nitrogen and oxygen atoms in total. The van der Waals surface area contributed by atoms with Crippen LogP contribution in [0.2, 0.25) is 0 Å². The average Bonchev–Trinajstić information content (AvgIpc) is 2.75. The van der Waals surface area contributed by atoms with E-state index in [2.05, 4.69) is 15.4 Å². The zero-order valence-electron chi connectivity index (χ0n) is 18.5. The first-order valence-corrected chi connectivity index (χ1v) is 11.6. The summed E-state index contributed by atoms with van der Waals surface area (Å²) >= 11 is 0. The Morgan fingerprint density at radius 2 is 1.52 bits per heavy atom. The molecule has 0 aliphatic rings. The minimum atomic E-state index is -3.88. The largest absolute Gasteiger partial charge is 0.375 e. The molecule has 0 radical (unpaired) electrons. The standard InChI is InChI=1S/C24H25N3O5S/c1-16-5-4-6-20(13-16)27-33(30,31)21-12-7-17(2)22(14-21)24(29)26-19-10-8-18(9-11-19)25-23(28)15-32-3/h4-14,27H,15H2,1-3H3,(H,25,28)(H,26,29). The second kappa shape index (κ2) is 10.3. The Morgan fingerprint density at radius 3 is 2.15 bits per heavy atom. The lowest BCUT2D eigenvalue weighted by molar-refractivity contribution is -0.119. The molecule has 3 aromatic rings. The molecule has 0 unspecified atom stereocenters. The van der Waals surface area contributed by atoms with E-state index >= 15 is 0 Å². The van der Waals surface area contributed by atoms with Crippen LogP contribution in [0.4, 0.5) is 17.1 Å². The van der Waals surface area contributed by atoms with E-state index in [1.807, 2.05) is 13.0 Å². The van der Waals surface area contributed by atoms with Crippen molar-refractivity contribution >= 4 is 38.9 Å². The molecule has 0 spiro atoms. The number of anilines is 3. The second-order valence-electron chi connectivity index (χ2n) is 7.46. The van der Waals surface area contributed by atoms with Gasteiger partial charge in [-0.1, -0.05) is 18.2 Å².